The zero-order chi connectivity index (χ0) is 19.6. The van der Waals surface area contributed by atoms with E-state index in [-0.39, 0.29) is 36.8 Å². The van der Waals surface area contributed by atoms with Gasteiger partial charge in [-0.05, 0) is 19.9 Å². The lowest BCUT2D eigenvalue weighted by Crippen LogP contribution is -2.49. The van der Waals surface area contributed by atoms with Gasteiger partial charge in [0.15, 0.2) is 0 Å². The van der Waals surface area contributed by atoms with Gasteiger partial charge in [-0.25, -0.2) is 13.2 Å². The highest BCUT2D eigenvalue weighted by Crippen LogP contribution is 2.32. The van der Waals surface area contributed by atoms with E-state index in [4.69, 9.17) is 9.47 Å². The monoisotopic (exact) mass is 396 g/mol. The van der Waals surface area contributed by atoms with E-state index in [2.05, 4.69) is 5.32 Å². The molecule has 1 amide bonds. The molecular formula is C18H24N2O6S. The Hall–Kier alpha value is -1.97. The Bertz CT molecular complexity index is 815. The molecule has 3 rings (SSSR count). The fraction of sp³-hybridized carbons (Fsp3) is 0.556. The number of benzene rings is 1. The van der Waals surface area contributed by atoms with Crippen molar-refractivity contribution >= 4 is 21.9 Å². The summed E-state index contributed by atoms with van der Waals surface area (Å²) in [7, 11) is -3.48. The number of sulfonamides is 1. The molecule has 1 N–H and O–H groups in total. The molecule has 0 aliphatic carbocycles. The van der Waals surface area contributed by atoms with E-state index >= 15 is 0 Å². The van der Waals surface area contributed by atoms with Crippen LogP contribution in [0.5, 0.6) is 0 Å². The summed E-state index contributed by atoms with van der Waals surface area (Å²) < 4.78 is 37.1. The first-order valence-corrected chi connectivity index (χ1v) is 10.6. The molecule has 3 atom stereocenters. The minimum absolute atomic E-state index is 0.00357. The smallest absolute Gasteiger partial charge is 0.339 e. The molecule has 0 radical (unpaired) electrons. The summed E-state index contributed by atoms with van der Waals surface area (Å²) >= 11 is 0. The average Bonchev–Trinajstić information content (AvgIpc) is 2.90. The Kier molecular flexibility index (Phi) is 5.83. The van der Waals surface area contributed by atoms with Crippen LogP contribution in [0.2, 0.25) is 0 Å². The molecule has 1 saturated heterocycles. The summed E-state index contributed by atoms with van der Waals surface area (Å²) in [5.74, 6) is -0.982. The number of nitrogens with zero attached hydrogens (tertiary/aromatic N) is 1. The number of fused-ring (bicyclic) bond motifs is 1. The fourth-order valence-electron chi connectivity index (χ4n) is 3.42. The number of hydrogen-bond donors (Lipinski definition) is 1. The second kappa shape index (κ2) is 7.95. The zero-order valence-corrected chi connectivity index (χ0v) is 16.2. The first kappa shape index (κ1) is 19.8. The van der Waals surface area contributed by atoms with Crippen molar-refractivity contribution < 1.29 is 27.5 Å². The normalized spacial score (nSPS) is 25.7. The highest BCUT2D eigenvalue weighted by molar-refractivity contribution is 7.89. The van der Waals surface area contributed by atoms with Gasteiger partial charge in [0.1, 0.15) is 6.10 Å². The van der Waals surface area contributed by atoms with Gasteiger partial charge in [0.05, 0.1) is 29.9 Å². The molecule has 1 aromatic rings. The molecule has 27 heavy (non-hydrogen) atoms. The van der Waals surface area contributed by atoms with Crippen LogP contribution < -0.4 is 5.32 Å². The number of carbonyl (C=O) groups excluding carboxylic acids is 2. The predicted molar refractivity (Wildman–Crippen MR) is 97.6 cm³/mol. The molecule has 148 valence electrons. The average molecular weight is 396 g/mol. The van der Waals surface area contributed by atoms with Crippen LogP contribution in [0.15, 0.2) is 24.3 Å². The van der Waals surface area contributed by atoms with Crippen LogP contribution >= 0.6 is 0 Å². The number of hydrogen-bond acceptors (Lipinski definition) is 6. The number of rotatable bonds is 6. The molecule has 9 heteroatoms. The first-order valence-electron chi connectivity index (χ1n) is 8.96. The molecule has 1 fully saturated rings. The van der Waals surface area contributed by atoms with Crippen LogP contribution in [-0.2, 0) is 24.3 Å². The summed E-state index contributed by atoms with van der Waals surface area (Å²) in [6.45, 7) is 4.30. The lowest BCUT2D eigenvalue weighted by Gasteiger charge is -2.34. The van der Waals surface area contributed by atoms with Crippen LogP contribution in [0.3, 0.4) is 0 Å². The minimum Gasteiger partial charge on any atom is -0.453 e. The number of nitrogens with one attached hydrogen (secondary N) is 1. The molecule has 3 unspecified atom stereocenters. The Morgan fingerprint density at radius 2 is 1.89 bits per heavy atom. The molecule has 1 aromatic carbocycles. The number of carbonyl (C=O) groups is 2. The Labute approximate surface area is 158 Å². The van der Waals surface area contributed by atoms with E-state index in [1.165, 1.54) is 4.31 Å². The number of morpholine rings is 1. The van der Waals surface area contributed by atoms with Gasteiger partial charge in [-0.1, -0.05) is 18.2 Å². The topological polar surface area (TPSA) is 102 Å². The van der Waals surface area contributed by atoms with Crippen molar-refractivity contribution in [1.29, 1.82) is 0 Å². The largest absolute Gasteiger partial charge is 0.453 e. The second-order valence-corrected chi connectivity index (χ2v) is 9.01. The van der Waals surface area contributed by atoms with Crippen molar-refractivity contribution in [3.8, 4) is 0 Å². The van der Waals surface area contributed by atoms with E-state index < -0.39 is 22.1 Å². The molecule has 0 aromatic heterocycles. The first-order chi connectivity index (χ1) is 12.8. The van der Waals surface area contributed by atoms with E-state index in [0.29, 0.717) is 24.2 Å². The summed E-state index contributed by atoms with van der Waals surface area (Å²) in [6.07, 6.45) is -0.981. The molecule has 2 aliphatic rings. The minimum atomic E-state index is -3.48. The van der Waals surface area contributed by atoms with Gasteiger partial charge in [-0.15, -0.1) is 0 Å². The molecule has 0 bridgehead atoms. The SMILES string of the molecule is CC1CN(S(=O)(=O)CCNC(=O)CC2OC(=O)c3ccccc32)CC(C)O1. The van der Waals surface area contributed by atoms with Gasteiger partial charge in [0.25, 0.3) is 0 Å². The van der Waals surface area contributed by atoms with Crippen molar-refractivity contribution in [2.24, 2.45) is 0 Å². The van der Waals surface area contributed by atoms with Crippen molar-refractivity contribution in [3.05, 3.63) is 35.4 Å². The molecule has 2 heterocycles. The van der Waals surface area contributed by atoms with Gasteiger partial charge < -0.3 is 14.8 Å². The van der Waals surface area contributed by atoms with Gasteiger partial charge >= 0.3 is 5.97 Å². The Morgan fingerprint density at radius 3 is 2.59 bits per heavy atom. The van der Waals surface area contributed by atoms with Gasteiger partial charge in [-0.2, -0.15) is 4.31 Å². The summed E-state index contributed by atoms with van der Waals surface area (Å²) in [5.41, 5.74) is 1.15. The third-order valence-electron chi connectivity index (χ3n) is 4.61. The molecular weight excluding hydrogens is 372 g/mol. The number of ether oxygens (including phenoxy) is 2. The summed E-state index contributed by atoms with van der Waals surface area (Å²) in [5, 5.41) is 2.61. The quantitative estimate of drug-likeness (QED) is 0.715. The third-order valence-corrected chi connectivity index (χ3v) is 6.41. The highest BCUT2D eigenvalue weighted by atomic mass is 32.2. The summed E-state index contributed by atoms with van der Waals surface area (Å²) in [4.78, 5) is 23.9. The van der Waals surface area contributed by atoms with Crippen LogP contribution in [0.4, 0.5) is 0 Å². The van der Waals surface area contributed by atoms with Gasteiger partial charge in [-0.3, -0.25) is 4.79 Å². The van der Waals surface area contributed by atoms with Crippen LogP contribution in [0.1, 0.15) is 42.3 Å². The molecule has 8 nitrogen and oxygen atoms in total. The fourth-order valence-corrected chi connectivity index (χ4v) is 4.91. The van der Waals surface area contributed by atoms with Crippen LogP contribution in [0, 0.1) is 0 Å². The van der Waals surface area contributed by atoms with Gasteiger partial charge in [0.2, 0.25) is 15.9 Å². The van der Waals surface area contributed by atoms with E-state index in [1.54, 1.807) is 24.3 Å². The third kappa shape index (κ3) is 4.66. The number of cyclic esters (lactones) is 1. The Morgan fingerprint density at radius 1 is 1.22 bits per heavy atom. The van der Waals surface area contributed by atoms with E-state index in [0.717, 1.165) is 0 Å². The lowest BCUT2D eigenvalue weighted by molar-refractivity contribution is -0.122. The molecule has 2 aliphatic heterocycles. The van der Waals surface area contributed by atoms with Crippen molar-refractivity contribution in [2.75, 3.05) is 25.4 Å². The van der Waals surface area contributed by atoms with Crippen LogP contribution in [-0.4, -0.2) is 62.2 Å². The lowest BCUT2D eigenvalue weighted by atomic mass is 10.0. The highest BCUT2D eigenvalue weighted by Gasteiger charge is 2.33. The number of amides is 1. The predicted octanol–water partition coefficient (Wildman–Crippen LogP) is 0.843. The van der Waals surface area contributed by atoms with Crippen molar-refractivity contribution in [2.45, 2.75) is 38.6 Å². The zero-order valence-electron chi connectivity index (χ0n) is 15.4. The maximum Gasteiger partial charge on any atom is 0.339 e. The molecule has 0 spiro atoms. The van der Waals surface area contributed by atoms with Crippen molar-refractivity contribution in [1.82, 2.24) is 9.62 Å². The Balaban J connectivity index is 1.49. The van der Waals surface area contributed by atoms with Crippen LogP contribution in [0.25, 0.3) is 0 Å². The summed E-state index contributed by atoms with van der Waals surface area (Å²) in [6, 6.07) is 6.93. The van der Waals surface area contributed by atoms with E-state index in [9.17, 15) is 18.0 Å². The standard InChI is InChI=1S/C18H24N2O6S/c1-12-10-20(11-13(2)25-12)27(23,24)8-7-19-17(21)9-16-14-5-3-4-6-15(14)18(22)26-16/h3-6,12-13,16H,7-11H2,1-2H3,(H,19,21). The van der Waals surface area contributed by atoms with Gasteiger partial charge in [0, 0.05) is 25.2 Å². The van der Waals surface area contributed by atoms with Crippen molar-refractivity contribution in [3.63, 3.8) is 0 Å². The maximum atomic E-state index is 12.5. The molecule has 0 saturated carbocycles. The number of esters is 1. The maximum absolute atomic E-state index is 12.5. The second-order valence-electron chi connectivity index (χ2n) is 6.93. The van der Waals surface area contributed by atoms with E-state index in [1.807, 2.05) is 13.8 Å².